The molecule has 11 heteroatoms. The van der Waals surface area contributed by atoms with Gasteiger partial charge in [-0.3, -0.25) is 23.7 Å². The van der Waals surface area contributed by atoms with Crippen LogP contribution >= 0.6 is 0 Å². The van der Waals surface area contributed by atoms with Crippen molar-refractivity contribution in [1.29, 1.82) is 0 Å². The van der Waals surface area contributed by atoms with Crippen molar-refractivity contribution in [3.05, 3.63) is 29.8 Å². The van der Waals surface area contributed by atoms with Crippen LogP contribution in [-0.2, 0) is 22.6 Å². The quantitative estimate of drug-likeness (QED) is 0.720. The Morgan fingerprint density at radius 1 is 1.22 bits per heavy atom. The first-order chi connectivity index (χ1) is 13.0. The van der Waals surface area contributed by atoms with Crippen LogP contribution in [0.2, 0.25) is 0 Å². The van der Waals surface area contributed by atoms with Gasteiger partial charge in [0.05, 0.1) is 36.9 Å². The van der Waals surface area contributed by atoms with E-state index in [4.69, 9.17) is 9.84 Å². The van der Waals surface area contributed by atoms with Gasteiger partial charge in [0, 0.05) is 25.8 Å². The number of hydrogen-bond acceptors (Lipinski definition) is 6. The van der Waals surface area contributed by atoms with Crippen LogP contribution in [0.15, 0.2) is 18.6 Å². The van der Waals surface area contributed by atoms with E-state index in [2.05, 4.69) is 15.5 Å². The van der Waals surface area contributed by atoms with Crippen molar-refractivity contribution in [3.63, 3.8) is 0 Å². The zero-order valence-corrected chi connectivity index (χ0v) is 14.8. The molecule has 3 rings (SSSR count). The smallest absolute Gasteiger partial charge is 0.325 e. The molecule has 2 N–H and O–H groups in total. The number of aromatic nitrogens is 4. The van der Waals surface area contributed by atoms with E-state index in [-0.39, 0.29) is 18.0 Å². The Kier molecular flexibility index (Phi) is 5.50. The Balaban J connectivity index is 1.79. The van der Waals surface area contributed by atoms with E-state index in [9.17, 15) is 14.4 Å². The molecule has 2 aromatic rings. The Labute approximate surface area is 154 Å². The van der Waals surface area contributed by atoms with Crippen LogP contribution in [0.4, 0.5) is 5.69 Å². The number of aryl methyl sites for hydroxylation is 1. The highest BCUT2D eigenvalue weighted by Gasteiger charge is 2.26. The number of amides is 2. The van der Waals surface area contributed by atoms with Gasteiger partial charge in [0.2, 0.25) is 0 Å². The van der Waals surface area contributed by atoms with Crippen LogP contribution in [0.3, 0.4) is 0 Å². The first kappa shape index (κ1) is 18.6. The summed E-state index contributed by atoms with van der Waals surface area (Å²) < 4.78 is 7.94. The summed E-state index contributed by atoms with van der Waals surface area (Å²) in [7, 11) is 0. The van der Waals surface area contributed by atoms with Gasteiger partial charge in [-0.15, -0.1) is 0 Å². The van der Waals surface area contributed by atoms with Crippen LogP contribution in [0.1, 0.15) is 27.8 Å². The maximum atomic E-state index is 12.9. The summed E-state index contributed by atoms with van der Waals surface area (Å²) >= 11 is 0. The number of morpholine rings is 1. The highest BCUT2D eigenvalue weighted by molar-refractivity contribution is 6.08. The van der Waals surface area contributed by atoms with E-state index in [1.807, 2.05) is 6.92 Å². The standard InChI is InChI=1S/C16H20N6O5/c1-2-22-14(16(26)20-3-5-27-6-4-20)12(8-18-22)19-15(25)11-7-17-21(9-11)10-13(23)24/h7-9H,2-6,10H2,1H3,(H,19,25)(H,23,24). The van der Waals surface area contributed by atoms with E-state index in [1.165, 1.54) is 23.3 Å². The van der Waals surface area contributed by atoms with Gasteiger partial charge in [-0.25, -0.2) is 0 Å². The molecule has 3 heterocycles. The fourth-order valence-electron chi connectivity index (χ4n) is 2.76. The molecule has 0 bridgehead atoms. The minimum absolute atomic E-state index is 0.185. The molecule has 1 fully saturated rings. The predicted octanol–water partition coefficient (Wildman–Crippen LogP) is -0.0912. The average molecular weight is 376 g/mol. The number of ether oxygens (including phenoxy) is 1. The van der Waals surface area contributed by atoms with Crippen molar-refractivity contribution in [1.82, 2.24) is 24.5 Å². The molecule has 1 aliphatic heterocycles. The normalized spacial score (nSPS) is 14.2. The Morgan fingerprint density at radius 3 is 2.63 bits per heavy atom. The monoisotopic (exact) mass is 376 g/mol. The van der Waals surface area contributed by atoms with Crippen molar-refractivity contribution in [2.75, 3.05) is 31.6 Å². The lowest BCUT2D eigenvalue weighted by molar-refractivity contribution is -0.137. The van der Waals surface area contributed by atoms with Gasteiger partial charge in [-0.05, 0) is 6.92 Å². The minimum atomic E-state index is -1.06. The lowest BCUT2D eigenvalue weighted by Gasteiger charge is -2.27. The van der Waals surface area contributed by atoms with Gasteiger partial charge in [-0.1, -0.05) is 0 Å². The Hall–Kier alpha value is -3.21. The van der Waals surface area contributed by atoms with Crippen molar-refractivity contribution in [2.45, 2.75) is 20.0 Å². The highest BCUT2D eigenvalue weighted by atomic mass is 16.5. The minimum Gasteiger partial charge on any atom is -0.480 e. The van der Waals surface area contributed by atoms with Crippen molar-refractivity contribution >= 4 is 23.5 Å². The van der Waals surface area contributed by atoms with Gasteiger partial charge in [0.1, 0.15) is 12.2 Å². The molecule has 0 aromatic carbocycles. The highest BCUT2D eigenvalue weighted by Crippen LogP contribution is 2.19. The van der Waals surface area contributed by atoms with Gasteiger partial charge in [-0.2, -0.15) is 10.2 Å². The van der Waals surface area contributed by atoms with Crippen molar-refractivity contribution in [3.8, 4) is 0 Å². The largest absolute Gasteiger partial charge is 0.480 e. The van der Waals surface area contributed by atoms with Crippen LogP contribution in [0, 0.1) is 0 Å². The fraction of sp³-hybridized carbons (Fsp3) is 0.438. The van der Waals surface area contributed by atoms with E-state index in [0.29, 0.717) is 44.2 Å². The molecular weight excluding hydrogens is 356 g/mol. The third-order valence-electron chi connectivity index (χ3n) is 4.08. The van der Waals surface area contributed by atoms with Crippen LogP contribution in [-0.4, -0.2) is 73.7 Å². The second kappa shape index (κ2) is 7.99. The molecular formula is C16H20N6O5. The van der Waals surface area contributed by atoms with Crippen molar-refractivity contribution in [2.24, 2.45) is 0 Å². The summed E-state index contributed by atoms with van der Waals surface area (Å²) in [5, 5.41) is 19.4. The second-order valence-corrected chi connectivity index (χ2v) is 5.90. The summed E-state index contributed by atoms with van der Waals surface area (Å²) in [6.07, 6.45) is 4.03. The number of rotatable bonds is 6. The maximum Gasteiger partial charge on any atom is 0.325 e. The van der Waals surface area contributed by atoms with E-state index >= 15 is 0 Å². The third kappa shape index (κ3) is 4.14. The summed E-state index contributed by atoms with van der Waals surface area (Å²) in [5.41, 5.74) is 0.778. The molecule has 0 unspecified atom stereocenters. The molecule has 2 aromatic heterocycles. The molecule has 144 valence electrons. The van der Waals surface area contributed by atoms with Gasteiger partial charge in [0.15, 0.2) is 0 Å². The summed E-state index contributed by atoms with van der Waals surface area (Å²) in [6, 6.07) is 0. The number of carboxylic acid groups (broad SMARTS) is 1. The summed E-state index contributed by atoms with van der Waals surface area (Å²) in [6.45, 7) is 3.86. The first-order valence-electron chi connectivity index (χ1n) is 8.48. The first-order valence-corrected chi connectivity index (χ1v) is 8.48. The van der Waals surface area contributed by atoms with Crippen LogP contribution in [0.5, 0.6) is 0 Å². The number of aliphatic carboxylic acids is 1. The van der Waals surface area contributed by atoms with Crippen LogP contribution < -0.4 is 5.32 Å². The van der Waals surface area contributed by atoms with Crippen LogP contribution in [0.25, 0.3) is 0 Å². The molecule has 1 aliphatic rings. The number of nitrogens with zero attached hydrogens (tertiary/aromatic N) is 5. The molecule has 11 nitrogen and oxygen atoms in total. The molecule has 1 saturated heterocycles. The maximum absolute atomic E-state index is 12.9. The van der Waals surface area contributed by atoms with E-state index in [1.54, 1.807) is 4.90 Å². The number of carbonyl (C=O) groups is 3. The lowest BCUT2D eigenvalue weighted by Crippen LogP contribution is -2.41. The Bertz CT molecular complexity index is 851. The van der Waals surface area contributed by atoms with Gasteiger partial charge >= 0.3 is 5.97 Å². The fourth-order valence-corrected chi connectivity index (χ4v) is 2.76. The zero-order chi connectivity index (χ0) is 19.4. The molecule has 0 spiro atoms. The molecule has 0 atom stereocenters. The second-order valence-electron chi connectivity index (χ2n) is 5.90. The molecule has 0 radical (unpaired) electrons. The lowest BCUT2D eigenvalue weighted by atomic mass is 10.2. The summed E-state index contributed by atoms with van der Waals surface area (Å²) in [5.74, 6) is -1.79. The number of hydrogen-bond donors (Lipinski definition) is 2. The predicted molar refractivity (Wildman–Crippen MR) is 92.4 cm³/mol. The number of nitrogens with one attached hydrogen (secondary N) is 1. The molecule has 0 saturated carbocycles. The molecule has 27 heavy (non-hydrogen) atoms. The number of carboxylic acids is 1. The van der Waals surface area contributed by atoms with Gasteiger partial charge in [0.25, 0.3) is 11.8 Å². The SMILES string of the molecule is CCn1ncc(NC(=O)c2cnn(CC(=O)O)c2)c1C(=O)N1CCOCC1. The topological polar surface area (TPSA) is 132 Å². The number of anilines is 1. The zero-order valence-electron chi connectivity index (χ0n) is 14.8. The van der Waals surface area contributed by atoms with Gasteiger partial charge < -0.3 is 20.1 Å². The average Bonchev–Trinajstić information content (AvgIpc) is 3.28. The molecule has 2 amide bonds. The van der Waals surface area contributed by atoms with Crippen molar-refractivity contribution < 1.29 is 24.2 Å². The molecule has 0 aliphatic carbocycles. The number of carbonyl (C=O) groups excluding carboxylic acids is 2. The Morgan fingerprint density at radius 2 is 1.96 bits per heavy atom. The van der Waals surface area contributed by atoms with E-state index < -0.39 is 11.9 Å². The van der Waals surface area contributed by atoms with E-state index in [0.717, 1.165) is 4.68 Å². The summed E-state index contributed by atoms with van der Waals surface area (Å²) in [4.78, 5) is 37.7. The third-order valence-corrected chi connectivity index (χ3v) is 4.08.